The Bertz CT molecular complexity index is 1060. The number of carbonyl (C=O) groups excluding carboxylic acids is 1. The largest absolute Gasteiger partial charge is 0.491 e. The van der Waals surface area contributed by atoms with Gasteiger partial charge in [-0.25, -0.2) is 9.48 Å². The van der Waals surface area contributed by atoms with Crippen molar-refractivity contribution in [2.75, 3.05) is 11.9 Å². The first-order chi connectivity index (χ1) is 14.0. The molecule has 2 heterocycles. The number of aromatic nitrogens is 2. The predicted octanol–water partition coefficient (Wildman–Crippen LogP) is 3.87. The van der Waals surface area contributed by atoms with Crippen molar-refractivity contribution in [3.63, 3.8) is 0 Å². The van der Waals surface area contributed by atoms with Gasteiger partial charge in [-0.15, -0.1) is 0 Å². The molecule has 3 aromatic rings. The van der Waals surface area contributed by atoms with Gasteiger partial charge in [0, 0.05) is 28.5 Å². The summed E-state index contributed by atoms with van der Waals surface area (Å²) in [6.07, 6.45) is 4.21. The highest BCUT2D eigenvalue weighted by molar-refractivity contribution is 9.10. The maximum Gasteiger partial charge on any atom is 0.319 e. The summed E-state index contributed by atoms with van der Waals surface area (Å²) in [5.74, 6) is 0.852. The molecule has 2 amide bonds. The van der Waals surface area contributed by atoms with Gasteiger partial charge in [0.1, 0.15) is 12.4 Å². The van der Waals surface area contributed by atoms with E-state index >= 15 is 0 Å². The molecule has 9 heteroatoms. The minimum atomic E-state index is -0.314. The molecule has 0 fully saturated rings. The van der Waals surface area contributed by atoms with Gasteiger partial charge in [-0.3, -0.25) is 0 Å². The summed E-state index contributed by atoms with van der Waals surface area (Å²) < 4.78 is 8.37. The Kier molecular flexibility index (Phi) is 5.75. The van der Waals surface area contributed by atoms with Crippen LogP contribution in [0.25, 0.3) is 5.69 Å². The number of rotatable bonds is 4. The number of benzene rings is 2. The third-order valence-corrected chi connectivity index (χ3v) is 5.38. The Morgan fingerprint density at radius 3 is 2.97 bits per heavy atom. The SMILES string of the molecule is NCc1cnn(-c2ccc(NC(=O)N[C@H]3COc4ccc(Br)cc4C3)cc2Cl)c1. The van der Waals surface area contributed by atoms with Gasteiger partial charge in [0.05, 0.1) is 22.9 Å². The average Bonchev–Trinajstić information content (AvgIpc) is 3.16. The van der Waals surface area contributed by atoms with E-state index in [2.05, 4.69) is 31.7 Å². The second kappa shape index (κ2) is 8.44. The minimum absolute atomic E-state index is 0.120. The molecule has 0 bridgehead atoms. The molecule has 1 atom stereocenters. The number of amides is 2. The first-order valence-electron chi connectivity index (χ1n) is 9.04. The zero-order chi connectivity index (χ0) is 20.4. The average molecular weight is 477 g/mol. The molecule has 0 spiro atoms. The van der Waals surface area contributed by atoms with Crippen LogP contribution < -0.4 is 21.1 Å². The fraction of sp³-hybridized carbons (Fsp3) is 0.200. The van der Waals surface area contributed by atoms with Crippen LogP contribution in [0.15, 0.2) is 53.3 Å². The van der Waals surface area contributed by atoms with Gasteiger partial charge in [0.25, 0.3) is 0 Å². The standard InChI is InChI=1S/C20H19BrClN5O2/c21-14-1-4-19-13(5-14)6-16(11-29-19)26-20(28)25-15-2-3-18(17(22)7-15)27-10-12(8-23)9-24-27/h1-5,7,9-10,16H,6,8,11,23H2,(H2,25,26,28)/t16-/m1/s1. The van der Waals surface area contributed by atoms with Crippen molar-refractivity contribution in [2.45, 2.75) is 19.0 Å². The molecule has 4 N–H and O–H groups in total. The van der Waals surface area contributed by atoms with Gasteiger partial charge in [0.2, 0.25) is 0 Å². The lowest BCUT2D eigenvalue weighted by Gasteiger charge is -2.26. The summed E-state index contributed by atoms with van der Waals surface area (Å²) in [5, 5.41) is 10.5. The summed E-state index contributed by atoms with van der Waals surface area (Å²) in [6, 6.07) is 10.7. The Balaban J connectivity index is 1.39. The number of hydrogen-bond acceptors (Lipinski definition) is 4. The van der Waals surface area contributed by atoms with Gasteiger partial charge < -0.3 is 21.1 Å². The van der Waals surface area contributed by atoms with E-state index in [1.165, 1.54) is 0 Å². The molecule has 0 aliphatic carbocycles. The van der Waals surface area contributed by atoms with Crippen LogP contribution in [0.5, 0.6) is 5.75 Å². The summed E-state index contributed by atoms with van der Waals surface area (Å²) >= 11 is 9.83. The number of ether oxygens (including phenoxy) is 1. The van der Waals surface area contributed by atoms with E-state index in [4.69, 9.17) is 22.1 Å². The van der Waals surface area contributed by atoms with Crippen molar-refractivity contribution in [3.05, 3.63) is 69.4 Å². The van der Waals surface area contributed by atoms with E-state index in [9.17, 15) is 4.79 Å². The first-order valence-corrected chi connectivity index (χ1v) is 10.2. The molecule has 4 rings (SSSR count). The van der Waals surface area contributed by atoms with Gasteiger partial charge in [0.15, 0.2) is 0 Å². The number of nitrogens with one attached hydrogen (secondary N) is 2. The van der Waals surface area contributed by atoms with Crippen LogP contribution >= 0.6 is 27.5 Å². The van der Waals surface area contributed by atoms with Crippen molar-refractivity contribution in [1.29, 1.82) is 0 Å². The maximum absolute atomic E-state index is 12.4. The molecule has 0 saturated heterocycles. The van der Waals surface area contributed by atoms with Gasteiger partial charge in [-0.05, 0) is 48.4 Å². The fourth-order valence-corrected chi connectivity index (χ4v) is 3.85. The number of hydrogen-bond donors (Lipinski definition) is 3. The molecular weight excluding hydrogens is 458 g/mol. The van der Waals surface area contributed by atoms with Crippen molar-refractivity contribution in [2.24, 2.45) is 5.73 Å². The van der Waals surface area contributed by atoms with Crippen molar-refractivity contribution in [1.82, 2.24) is 15.1 Å². The number of nitrogens with two attached hydrogens (primary N) is 1. The fourth-order valence-electron chi connectivity index (χ4n) is 3.18. The minimum Gasteiger partial charge on any atom is -0.491 e. The number of fused-ring (bicyclic) bond motifs is 1. The highest BCUT2D eigenvalue weighted by Gasteiger charge is 2.21. The molecule has 0 radical (unpaired) electrons. The topological polar surface area (TPSA) is 94.2 Å². The number of halogens is 2. The molecule has 1 aromatic heterocycles. The quantitative estimate of drug-likeness (QED) is 0.533. The van der Waals surface area contributed by atoms with Gasteiger partial charge in [-0.1, -0.05) is 27.5 Å². The van der Waals surface area contributed by atoms with Crippen LogP contribution in [0.4, 0.5) is 10.5 Å². The van der Waals surface area contributed by atoms with E-state index in [1.54, 1.807) is 29.1 Å². The Morgan fingerprint density at radius 2 is 2.21 bits per heavy atom. The highest BCUT2D eigenvalue weighted by Crippen LogP contribution is 2.28. The van der Waals surface area contributed by atoms with Gasteiger partial charge in [-0.2, -0.15) is 5.10 Å². The highest BCUT2D eigenvalue weighted by atomic mass is 79.9. The van der Waals surface area contributed by atoms with E-state index in [-0.39, 0.29) is 12.1 Å². The summed E-state index contributed by atoms with van der Waals surface area (Å²) in [6.45, 7) is 0.828. The van der Waals surface area contributed by atoms with E-state index in [1.807, 2.05) is 24.4 Å². The van der Waals surface area contributed by atoms with E-state index in [0.29, 0.717) is 36.0 Å². The van der Waals surface area contributed by atoms with Crippen LogP contribution in [0.1, 0.15) is 11.1 Å². The monoisotopic (exact) mass is 475 g/mol. The number of nitrogens with zero attached hydrogens (tertiary/aromatic N) is 2. The zero-order valence-corrected chi connectivity index (χ0v) is 17.7. The third-order valence-electron chi connectivity index (χ3n) is 4.59. The molecule has 2 aromatic carbocycles. The lowest BCUT2D eigenvalue weighted by atomic mass is 10.0. The molecule has 150 valence electrons. The van der Waals surface area contributed by atoms with Crippen molar-refractivity contribution >= 4 is 39.2 Å². The van der Waals surface area contributed by atoms with Crippen LogP contribution in [0, 0.1) is 0 Å². The van der Waals surface area contributed by atoms with Crippen LogP contribution in [0.3, 0.4) is 0 Å². The number of anilines is 1. The molecule has 1 aliphatic heterocycles. The molecule has 0 saturated carbocycles. The lowest BCUT2D eigenvalue weighted by molar-refractivity contribution is 0.222. The summed E-state index contributed by atoms with van der Waals surface area (Å²) in [7, 11) is 0. The smallest absolute Gasteiger partial charge is 0.319 e. The van der Waals surface area contributed by atoms with Crippen LogP contribution in [-0.2, 0) is 13.0 Å². The molecule has 7 nitrogen and oxygen atoms in total. The number of carbonyl (C=O) groups is 1. The molecule has 0 unspecified atom stereocenters. The Labute approximate surface area is 181 Å². The zero-order valence-electron chi connectivity index (χ0n) is 15.4. The van der Waals surface area contributed by atoms with Crippen molar-refractivity contribution < 1.29 is 9.53 Å². The first kappa shape index (κ1) is 19.8. The van der Waals surface area contributed by atoms with Crippen molar-refractivity contribution in [3.8, 4) is 11.4 Å². The molecule has 29 heavy (non-hydrogen) atoms. The lowest BCUT2D eigenvalue weighted by Crippen LogP contribution is -2.44. The molecule has 1 aliphatic rings. The third kappa shape index (κ3) is 4.55. The van der Waals surface area contributed by atoms with Crippen LogP contribution in [0.2, 0.25) is 5.02 Å². The second-order valence-corrected chi connectivity index (χ2v) is 8.05. The Hall–Kier alpha value is -2.55. The van der Waals surface area contributed by atoms with E-state index in [0.717, 1.165) is 21.3 Å². The van der Waals surface area contributed by atoms with E-state index < -0.39 is 0 Å². The summed E-state index contributed by atoms with van der Waals surface area (Å²) in [5.41, 5.74) is 8.87. The number of urea groups is 1. The predicted molar refractivity (Wildman–Crippen MR) is 116 cm³/mol. The second-order valence-electron chi connectivity index (χ2n) is 6.73. The van der Waals surface area contributed by atoms with Crippen LogP contribution in [-0.4, -0.2) is 28.5 Å². The normalized spacial score (nSPS) is 15.3. The summed E-state index contributed by atoms with van der Waals surface area (Å²) in [4.78, 5) is 12.4. The molecular formula is C20H19BrClN5O2. The van der Waals surface area contributed by atoms with Gasteiger partial charge >= 0.3 is 6.03 Å². The Morgan fingerprint density at radius 1 is 1.34 bits per heavy atom. The maximum atomic E-state index is 12.4.